The Kier molecular flexibility index (Phi) is 4.85. The van der Waals surface area contributed by atoms with Crippen LogP contribution in [0.5, 0.6) is 0 Å². The molecule has 0 unspecified atom stereocenters. The lowest BCUT2D eigenvalue weighted by Gasteiger charge is -2.34. The summed E-state index contributed by atoms with van der Waals surface area (Å²) in [6.45, 7) is 3.12. The Hall–Kier alpha value is -3.38. The quantitative estimate of drug-likeness (QED) is 0.505. The summed E-state index contributed by atoms with van der Waals surface area (Å²) in [6.07, 6.45) is 4.13. The van der Waals surface area contributed by atoms with Gasteiger partial charge in [-0.1, -0.05) is 36.4 Å². The molecule has 2 N–H and O–H groups in total. The fourth-order valence-corrected chi connectivity index (χ4v) is 4.30. The van der Waals surface area contributed by atoms with Gasteiger partial charge >= 0.3 is 0 Å². The van der Waals surface area contributed by atoms with E-state index in [0.29, 0.717) is 39.1 Å². The highest BCUT2D eigenvalue weighted by Crippen LogP contribution is 2.20. The number of carbonyl (C=O) groups excluding carboxylic acids is 2. The average Bonchev–Trinajstić information content (AvgIpc) is 3.39. The second kappa shape index (κ2) is 7.80. The highest BCUT2D eigenvalue weighted by atomic mass is 16.2. The van der Waals surface area contributed by atoms with Gasteiger partial charge in [-0.2, -0.15) is 0 Å². The predicted octanol–water partition coefficient (Wildman–Crippen LogP) is 3.22. The number of hydrogen-bond acceptors (Lipinski definition) is 3. The van der Waals surface area contributed by atoms with E-state index in [0.717, 1.165) is 32.9 Å². The second-order valence-electron chi connectivity index (χ2n) is 7.86. The molecule has 4 aromatic rings. The molecular formula is C24H24N4O2. The minimum absolute atomic E-state index is 0.117. The summed E-state index contributed by atoms with van der Waals surface area (Å²) in [4.78, 5) is 36.0. The number of piperazine rings is 1. The monoisotopic (exact) mass is 400 g/mol. The molecule has 0 bridgehead atoms. The van der Waals surface area contributed by atoms with E-state index in [4.69, 9.17) is 0 Å². The second-order valence-corrected chi connectivity index (χ2v) is 7.86. The fourth-order valence-electron chi connectivity index (χ4n) is 4.30. The number of Topliss-reactive ketones (excluding diaryl/α,β-unsaturated/α-hetero) is 1. The van der Waals surface area contributed by atoms with Gasteiger partial charge in [0.15, 0.2) is 5.78 Å². The summed E-state index contributed by atoms with van der Waals surface area (Å²) in [7, 11) is 0. The molecular weight excluding hydrogens is 376 g/mol. The van der Waals surface area contributed by atoms with Gasteiger partial charge in [-0.25, -0.2) is 0 Å². The van der Waals surface area contributed by atoms with Gasteiger partial charge in [-0.3, -0.25) is 14.5 Å². The molecule has 1 saturated heterocycles. The smallest absolute Gasteiger partial charge is 0.227 e. The van der Waals surface area contributed by atoms with Gasteiger partial charge in [-0.15, -0.1) is 0 Å². The zero-order valence-electron chi connectivity index (χ0n) is 16.7. The van der Waals surface area contributed by atoms with Crippen molar-refractivity contribution in [2.75, 3.05) is 32.7 Å². The highest BCUT2D eigenvalue weighted by molar-refractivity contribution is 6.08. The van der Waals surface area contributed by atoms with Crippen molar-refractivity contribution >= 4 is 33.5 Å². The number of ketones is 1. The number of nitrogens with zero attached hydrogens (tertiary/aromatic N) is 2. The largest absolute Gasteiger partial charge is 0.361 e. The first-order chi connectivity index (χ1) is 14.7. The SMILES string of the molecule is O=C(CN1CCN(C(=O)Cc2c[nH]c3ccccc23)CC1)c1c[nH]c2ccccc12. The fraction of sp³-hybridized carbons (Fsp3) is 0.250. The van der Waals surface area contributed by atoms with Gasteiger partial charge in [0.2, 0.25) is 5.91 Å². The number of nitrogens with one attached hydrogen (secondary N) is 2. The molecule has 1 aliphatic rings. The third-order valence-electron chi connectivity index (χ3n) is 6.00. The van der Waals surface area contributed by atoms with E-state index in [2.05, 4.69) is 14.9 Å². The number of para-hydroxylation sites is 2. The Morgan fingerprint density at radius 2 is 1.43 bits per heavy atom. The summed E-state index contributed by atoms with van der Waals surface area (Å²) >= 11 is 0. The van der Waals surface area contributed by atoms with E-state index in [1.165, 1.54) is 0 Å². The lowest BCUT2D eigenvalue weighted by atomic mass is 10.1. The number of H-pyrrole nitrogens is 2. The standard InChI is InChI=1S/C24H24N4O2/c29-23(20-15-26-22-8-4-2-6-19(20)22)16-27-9-11-28(12-10-27)24(30)13-17-14-25-21-7-3-1-5-18(17)21/h1-8,14-15,25-26H,9-13,16H2. The highest BCUT2D eigenvalue weighted by Gasteiger charge is 2.24. The average molecular weight is 400 g/mol. The third kappa shape index (κ3) is 3.50. The van der Waals surface area contributed by atoms with E-state index in [1.54, 1.807) is 6.20 Å². The Bertz CT molecular complexity index is 1210. The van der Waals surface area contributed by atoms with Gasteiger partial charge in [0.25, 0.3) is 0 Å². The molecule has 0 saturated carbocycles. The molecule has 0 radical (unpaired) electrons. The van der Waals surface area contributed by atoms with Crippen LogP contribution >= 0.6 is 0 Å². The zero-order chi connectivity index (χ0) is 20.5. The topological polar surface area (TPSA) is 72.2 Å². The Balaban J connectivity index is 1.18. The molecule has 0 spiro atoms. The van der Waals surface area contributed by atoms with Crippen molar-refractivity contribution in [3.8, 4) is 0 Å². The molecule has 6 heteroatoms. The maximum atomic E-state index is 12.8. The first kappa shape index (κ1) is 18.6. The molecule has 2 aromatic carbocycles. The predicted molar refractivity (Wildman–Crippen MR) is 118 cm³/mol. The summed E-state index contributed by atoms with van der Waals surface area (Å²) in [5, 5.41) is 2.07. The van der Waals surface area contributed by atoms with E-state index < -0.39 is 0 Å². The van der Waals surface area contributed by atoms with Crippen molar-refractivity contribution in [1.82, 2.24) is 19.8 Å². The minimum atomic E-state index is 0.117. The molecule has 152 valence electrons. The summed E-state index contributed by atoms with van der Waals surface area (Å²) in [5.74, 6) is 0.258. The van der Waals surface area contributed by atoms with Crippen LogP contribution in [0.2, 0.25) is 0 Å². The number of aromatic amines is 2. The molecule has 0 aliphatic carbocycles. The number of fused-ring (bicyclic) bond motifs is 2. The van der Waals surface area contributed by atoms with Crippen LogP contribution in [0.3, 0.4) is 0 Å². The molecule has 6 nitrogen and oxygen atoms in total. The lowest BCUT2D eigenvalue weighted by molar-refractivity contribution is -0.132. The van der Waals surface area contributed by atoms with Crippen molar-refractivity contribution in [2.45, 2.75) is 6.42 Å². The van der Waals surface area contributed by atoms with Crippen molar-refractivity contribution in [1.29, 1.82) is 0 Å². The van der Waals surface area contributed by atoms with Crippen LogP contribution in [-0.2, 0) is 11.2 Å². The molecule has 3 heterocycles. The molecule has 1 fully saturated rings. The van der Waals surface area contributed by atoms with E-state index in [-0.39, 0.29) is 11.7 Å². The number of aromatic nitrogens is 2. The number of carbonyl (C=O) groups is 2. The van der Waals surface area contributed by atoms with Crippen LogP contribution in [0.1, 0.15) is 15.9 Å². The van der Waals surface area contributed by atoms with Crippen molar-refractivity contribution in [3.63, 3.8) is 0 Å². The summed E-state index contributed by atoms with van der Waals surface area (Å²) in [6, 6.07) is 15.9. The molecule has 1 aliphatic heterocycles. The van der Waals surface area contributed by atoms with Crippen molar-refractivity contribution in [3.05, 3.63) is 72.1 Å². The maximum absolute atomic E-state index is 12.8. The molecule has 2 aromatic heterocycles. The van der Waals surface area contributed by atoms with Crippen LogP contribution in [0.15, 0.2) is 60.9 Å². The Morgan fingerprint density at radius 3 is 2.20 bits per heavy atom. The molecule has 5 rings (SSSR count). The lowest BCUT2D eigenvalue weighted by Crippen LogP contribution is -2.50. The van der Waals surface area contributed by atoms with Gasteiger partial charge in [0.05, 0.1) is 13.0 Å². The minimum Gasteiger partial charge on any atom is -0.361 e. The normalized spacial score (nSPS) is 15.1. The summed E-state index contributed by atoms with van der Waals surface area (Å²) in [5.41, 5.74) is 3.81. The number of benzene rings is 2. The third-order valence-corrected chi connectivity index (χ3v) is 6.00. The van der Waals surface area contributed by atoms with Gasteiger partial charge < -0.3 is 14.9 Å². The first-order valence-corrected chi connectivity index (χ1v) is 10.3. The summed E-state index contributed by atoms with van der Waals surface area (Å²) < 4.78 is 0. The van der Waals surface area contributed by atoms with Crippen LogP contribution in [0, 0.1) is 0 Å². The molecule has 0 atom stereocenters. The van der Waals surface area contributed by atoms with E-state index in [9.17, 15) is 9.59 Å². The van der Waals surface area contributed by atoms with Crippen LogP contribution in [0.25, 0.3) is 21.8 Å². The van der Waals surface area contributed by atoms with Crippen LogP contribution in [-0.4, -0.2) is 64.2 Å². The number of rotatable bonds is 5. The van der Waals surface area contributed by atoms with Gasteiger partial charge in [0.1, 0.15) is 0 Å². The maximum Gasteiger partial charge on any atom is 0.227 e. The Labute approximate surface area is 174 Å². The number of amides is 1. The van der Waals surface area contributed by atoms with Crippen LogP contribution < -0.4 is 0 Å². The van der Waals surface area contributed by atoms with Gasteiger partial charge in [-0.05, 0) is 17.7 Å². The van der Waals surface area contributed by atoms with E-state index in [1.807, 2.05) is 59.6 Å². The van der Waals surface area contributed by atoms with Gasteiger partial charge in [0, 0.05) is 65.9 Å². The van der Waals surface area contributed by atoms with E-state index >= 15 is 0 Å². The van der Waals surface area contributed by atoms with Crippen molar-refractivity contribution in [2.24, 2.45) is 0 Å². The molecule has 30 heavy (non-hydrogen) atoms. The van der Waals surface area contributed by atoms with Crippen LogP contribution in [0.4, 0.5) is 0 Å². The van der Waals surface area contributed by atoms with Crippen molar-refractivity contribution < 1.29 is 9.59 Å². The number of hydrogen-bond donors (Lipinski definition) is 2. The molecule has 1 amide bonds. The Morgan fingerprint density at radius 1 is 0.800 bits per heavy atom. The first-order valence-electron chi connectivity index (χ1n) is 10.3. The zero-order valence-corrected chi connectivity index (χ0v) is 16.7.